The number of hydrogen-bond donors (Lipinski definition) is 0. The minimum Gasteiger partial charge on any atom is -0.378 e. The third kappa shape index (κ3) is 3.08. The molecule has 2 atom stereocenters. The molecule has 2 heteroatoms. The van der Waals surface area contributed by atoms with Crippen LogP contribution in [0.3, 0.4) is 0 Å². The van der Waals surface area contributed by atoms with Crippen LogP contribution in [-0.4, -0.2) is 18.0 Å². The van der Waals surface area contributed by atoms with E-state index in [9.17, 15) is 0 Å². The van der Waals surface area contributed by atoms with Gasteiger partial charge in [0.2, 0.25) is 0 Å². The summed E-state index contributed by atoms with van der Waals surface area (Å²) in [7, 11) is 0. The Kier molecular flexibility index (Phi) is 4.42. The van der Waals surface area contributed by atoms with Gasteiger partial charge in [-0.25, -0.2) is 0 Å². The van der Waals surface area contributed by atoms with Crippen molar-refractivity contribution in [1.82, 2.24) is 0 Å². The molecule has 1 aromatic carbocycles. The molecule has 0 saturated carbocycles. The average Bonchev–Trinajstić information content (AvgIpc) is 2.78. The molecule has 2 rings (SSSR count). The van der Waals surface area contributed by atoms with Gasteiger partial charge in [-0.15, -0.1) is 0 Å². The number of benzene rings is 1. The lowest BCUT2D eigenvalue weighted by Crippen LogP contribution is -2.12. The van der Waals surface area contributed by atoms with Crippen LogP contribution in [0.4, 0.5) is 0 Å². The zero-order chi connectivity index (χ0) is 11.4. The molecule has 0 bridgehead atoms. The smallest absolute Gasteiger partial charge is 0.0582 e. The number of hydrogen-bond acceptors (Lipinski definition) is 1. The Balaban J connectivity index is 2.03. The summed E-state index contributed by atoms with van der Waals surface area (Å²) in [6.45, 7) is 3.11. The van der Waals surface area contributed by atoms with E-state index in [1.54, 1.807) is 0 Å². The van der Waals surface area contributed by atoms with Crippen LogP contribution >= 0.6 is 15.9 Å². The molecule has 1 aliphatic rings. The van der Waals surface area contributed by atoms with E-state index in [0.29, 0.717) is 12.0 Å². The van der Waals surface area contributed by atoms with Crippen LogP contribution in [0.25, 0.3) is 0 Å². The maximum Gasteiger partial charge on any atom is 0.0582 e. The Labute approximate surface area is 106 Å². The number of halogens is 1. The van der Waals surface area contributed by atoms with Gasteiger partial charge in [0.25, 0.3) is 0 Å². The largest absolute Gasteiger partial charge is 0.378 e. The summed E-state index contributed by atoms with van der Waals surface area (Å²) < 4.78 is 5.72. The molecule has 0 aromatic heterocycles. The Bertz CT molecular complexity index is 331. The van der Waals surface area contributed by atoms with Gasteiger partial charge in [0.05, 0.1) is 6.10 Å². The van der Waals surface area contributed by atoms with Crippen molar-refractivity contribution in [2.45, 2.75) is 38.2 Å². The molecule has 88 valence electrons. The van der Waals surface area contributed by atoms with E-state index < -0.39 is 0 Å². The second kappa shape index (κ2) is 5.83. The topological polar surface area (TPSA) is 9.23 Å². The normalized spacial score (nSPS) is 22.2. The lowest BCUT2D eigenvalue weighted by molar-refractivity contribution is 0.0997. The van der Waals surface area contributed by atoms with E-state index >= 15 is 0 Å². The van der Waals surface area contributed by atoms with E-state index in [4.69, 9.17) is 4.74 Å². The summed E-state index contributed by atoms with van der Waals surface area (Å²) >= 11 is 3.63. The molecular formula is C14H19BrO. The zero-order valence-electron chi connectivity index (χ0n) is 9.79. The van der Waals surface area contributed by atoms with Gasteiger partial charge in [-0.1, -0.05) is 45.8 Å². The maximum absolute atomic E-state index is 5.72. The highest BCUT2D eigenvalue weighted by Crippen LogP contribution is 2.28. The second-order valence-corrected chi connectivity index (χ2v) is 5.28. The summed E-state index contributed by atoms with van der Waals surface area (Å²) in [4.78, 5) is 0. The quantitative estimate of drug-likeness (QED) is 0.758. The molecule has 1 nitrogen and oxygen atoms in total. The fourth-order valence-corrected chi connectivity index (χ4v) is 3.00. The summed E-state index contributed by atoms with van der Waals surface area (Å²) in [6.07, 6.45) is 4.08. The van der Waals surface area contributed by atoms with Crippen molar-refractivity contribution in [2.75, 3.05) is 11.9 Å². The van der Waals surface area contributed by atoms with Crippen LogP contribution in [0.5, 0.6) is 0 Å². The predicted molar refractivity (Wildman–Crippen MR) is 71.3 cm³/mol. The van der Waals surface area contributed by atoms with Crippen molar-refractivity contribution in [3.05, 3.63) is 35.4 Å². The zero-order valence-corrected chi connectivity index (χ0v) is 11.4. The minimum atomic E-state index is 0.475. The lowest BCUT2D eigenvalue weighted by atomic mass is 9.93. The van der Waals surface area contributed by atoms with Crippen molar-refractivity contribution in [3.8, 4) is 0 Å². The molecule has 1 aromatic rings. The summed E-state index contributed by atoms with van der Waals surface area (Å²) in [6, 6.07) is 8.82. The van der Waals surface area contributed by atoms with Crippen LogP contribution in [0.2, 0.25) is 0 Å². The Hall–Kier alpha value is -0.340. The average molecular weight is 283 g/mol. The number of aryl methyl sites for hydroxylation is 1. The van der Waals surface area contributed by atoms with Crippen LogP contribution < -0.4 is 0 Å². The van der Waals surface area contributed by atoms with Crippen molar-refractivity contribution in [1.29, 1.82) is 0 Å². The fraction of sp³-hybridized carbons (Fsp3) is 0.571. The molecule has 0 radical (unpaired) electrons. The van der Waals surface area contributed by atoms with Crippen molar-refractivity contribution in [3.63, 3.8) is 0 Å². The first kappa shape index (κ1) is 12.1. The molecule has 1 aliphatic heterocycles. The molecular weight excluding hydrogens is 264 g/mol. The van der Waals surface area contributed by atoms with E-state index in [0.717, 1.165) is 18.4 Å². The SMILES string of the molecule is Cc1cccc(C(CBr)CC2CCCO2)c1. The van der Waals surface area contributed by atoms with Gasteiger partial charge in [-0.05, 0) is 37.7 Å². The fourth-order valence-electron chi connectivity index (χ4n) is 2.36. The van der Waals surface area contributed by atoms with E-state index in [1.165, 1.54) is 24.0 Å². The van der Waals surface area contributed by atoms with Crippen LogP contribution in [0.1, 0.15) is 36.3 Å². The van der Waals surface area contributed by atoms with Gasteiger partial charge < -0.3 is 4.74 Å². The van der Waals surface area contributed by atoms with Crippen molar-refractivity contribution in [2.24, 2.45) is 0 Å². The van der Waals surface area contributed by atoms with Crippen LogP contribution in [0.15, 0.2) is 24.3 Å². The molecule has 1 heterocycles. The molecule has 1 fully saturated rings. The lowest BCUT2D eigenvalue weighted by Gasteiger charge is -2.19. The van der Waals surface area contributed by atoms with Gasteiger partial charge in [0.1, 0.15) is 0 Å². The molecule has 0 aliphatic carbocycles. The summed E-state index contributed by atoms with van der Waals surface area (Å²) in [5, 5.41) is 1.02. The highest BCUT2D eigenvalue weighted by molar-refractivity contribution is 9.09. The van der Waals surface area contributed by atoms with Gasteiger partial charge in [-0.2, -0.15) is 0 Å². The Morgan fingerprint density at radius 3 is 3.00 bits per heavy atom. The van der Waals surface area contributed by atoms with Gasteiger partial charge in [-0.3, -0.25) is 0 Å². The summed E-state index contributed by atoms with van der Waals surface area (Å²) in [5.41, 5.74) is 2.78. The van der Waals surface area contributed by atoms with Crippen molar-refractivity contribution >= 4 is 15.9 Å². The molecule has 0 amide bonds. The summed E-state index contributed by atoms with van der Waals surface area (Å²) in [5.74, 6) is 0.586. The second-order valence-electron chi connectivity index (χ2n) is 4.64. The van der Waals surface area contributed by atoms with Gasteiger partial charge in [0, 0.05) is 11.9 Å². The minimum absolute atomic E-state index is 0.475. The molecule has 1 saturated heterocycles. The highest BCUT2D eigenvalue weighted by atomic mass is 79.9. The maximum atomic E-state index is 5.72. The first-order chi connectivity index (χ1) is 7.79. The molecule has 2 unspecified atom stereocenters. The third-order valence-corrected chi connectivity index (χ3v) is 4.05. The number of alkyl halides is 1. The standard InChI is InChI=1S/C14H19BrO/c1-11-4-2-5-12(8-11)13(10-15)9-14-6-3-7-16-14/h2,4-5,8,13-14H,3,6-7,9-10H2,1H3. The van der Waals surface area contributed by atoms with Gasteiger partial charge in [0.15, 0.2) is 0 Å². The Morgan fingerprint density at radius 1 is 1.50 bits per heavy atom. The van der Waals surface area contributed by atoms with Crippen molar-refractivity contribution < 1.29 is 4.74 Å². The molecule has 16 heavy (non-hydrogen) atoms. The third-order valence-electron chi connectivity index (χ3n) is 3.27. The predicted octanol–water partition coefficient (Wildman–Crippen LogP) is 4.04. The van der Waals surface area contributed by atoms with E-state index in [2.05, 4.69) is 47.1 Å². The molecule has 0 N–H and O–H groups in total. The first-order valence-corrected chi connectivity index (χ1v) is 7.16. The number of rotatable bonds is 4. The Morgan fingerprint density at radius 2 is 2.38 bits per heavy atom. The van der Waals surface area contributed by atoms with E-state index in [-0.39, 0.29) is 0 Å². The highest BCUT2D eigenvalue weighted by Gasteiger charge is 2.21. The molecule has 0 spiro atoms. The van der Waals surface area contributed by atoms with E-state index in [1.807, 2.05) is 0 Å². The number of ether oxygens (including phenoxy) is 1. The van der Waals surface area contributed by atoms with Crippen LogP contribution in [-0.2, 0) is 4.74 Å². The van der Waals surface area contributed by atoms with Crippen LogP contribution in [0, 0.1) is 6.92 Å². The monoisotopic (exact) mass is 282 g/mol. The first-order valence-electron chi connectivity index (χ1n) is 6.03. The van der Waals surface area contributed by atoms with Gasteiger partial charge >= 0.3 is 0 Å².